The molecule has 0 N–H and O–H groups in total. The van der Waals surface area contributed by atoms with E-state index in [1.165, 1.54) is 38.5 Å². The largest absolute Gasteiger partial charge is 0.355 e. The lowest BCUT2D eigenvalue weighted by Crippen LogP contribution is -2.02. The molecule has 1 aliphatic carbocycles. The molecule has 1 rings (SSSR count). The van der Waals surface area contributed by atoms with E-state index in [0.29, 0.717) is 5.92 Å². The molecule has 69 valence electrons. The zero-order valence-corrected chi connectivity index (χ0v) is 7.55. The van der Waals surface area contributed by atoms with Crippen LogP contribution in [0.1, 0.15) is 51.4 Å². The Labute approximate surface area is 74.0 Å². The van der Waals surface area contributed by atoms with Gasteiger partial charge in [-0.1, -0.05) is 38.5 Å². The standard InChI is InChI=1S/C10H17O2/c11-10(12)8-7-9-5-3-1-2-4-6-9/h9H,1-8H2. The highest BCUT2D eigenvalue weighted by Crippen LogP contribution is 2.26. The molecule has 2 nitrogen and oxygen atoms in total. The fourth-order valence-corrected chi connectivity index (χ4v) is 1.97. The maximum atomic E-state index is 10.2. The highest BCUT2D eigenvalue weighted by Gasteiger charge is 2.13. The zero-order chi connectivity index (χ0) is 8.81. The third-order valence-corrected chi connectivity index (χ3v) is 2.73. The fraction of sp³-hybridized carbons (Fsp3) is 0.900. The molecule has 0 unspecified atom stereocenters. The van der Waals surface area contributed by atoms with E-state index in [4.69, 9.17) is 0 Å². The lowest BCUT2D eigenvalue weighted by molar-refractivity contribution is -0.143. The van der Waals surface area contributed by atoms with Gasteiger partial charge >= 0.3 is 5.97 Å². The van der Waals surface area contributed by atoms with Crippen LogP contribution in [0.25, 0.3) is 0 Å². The molecule has 0 saturated heterocycles. The molecule has 12 heavy (non-hydrogen) atoms. The van der Waals surface area contributed by atoms with Crippen molar-refractivity contribution in [2.24, 2.45) is 5.92 Å². The van der Waals surface area contributed by atoms with Gasteiger partial charge in [-0.05, 0) is 12.3 Å². The quantitative estimate of drug-likeness (QED) is 0.598. The van der Waals surface area contributed by atoms with Gasteiger partial charge in [0.25, 0.3) is 0 Å². The smallest absolute Gasteiger partial charge is 0.247 e. The fourth-order valence-electron chi connectivity index (χ4n) is 1.97. The van der Waals surface area contributed by atoms with Crippen LogP contribution in [0.5, 0.6) is 0 Å². The lowest BCUT2D eigenvalue weighted by Gasteiger charge is -2.10. The third kappa shape index (κ3) is 3.74. The Morgan fingerprint density at radius 3 is 2.17 bits per heavy atom. The van der Waals surface area contributed by atoms with Gasteiger partial charge in [0.15, 0.2) is 0 Å². The van der Waals surface area contributed by atoms with Gasteiger partial charge in [0, 0.05) is 0 Å². The van der Waals surface area contributed by atoms with Crippen molar-refractivity contribution >= 4 is 5.97 Å². The maximum Gasteiger partial charge on any atom is 0.355 e. The molecule has 1 radical (unpaired) electrons. The summed E-state index contributed by atoms with van der Waals surface area (Å²) < 4.78 is 0. The Bertz CT molecular complexity index is 135. The van der Waals surface area contributed by atoms with Gasteiger partial charge in [-0.15, -0.1) is 0 Å². The van der Waals surface area contributed by atoms with E-state index >= 15 is 0 Å². The van der Waals surface area contributed by atoms with Crippen molar-refractivity contribution in [2.45, 2.75) is 51.4 Å². The number of hydrogen-bond acceptors (Lipinski definition) is 1. The molecule has 1 saturated carbocycles. The first-order valence-corrected chi connectivity index (χ1v) is 4.99. The van der Waals surface area contributed by atoms with Gasteiger partial charge < -0.3 is 0 Å². The van der Waals surface area contributed by atoms with Gasteiger partial charge in [0.05, 0.1) is 6.42 Å². The van der Waals surface area contributed by atoms with Gasteiger partial charge in [0.2, 0.25) is 0 Å². The minimum Gasteiger partial charge on any atom is -0.247 e. The summed E-state index contributed by atoms with van der Waals surface area (Å²) >= 11 is 0. The summed E-state index contributed by atoms with van der Waals surface area (Å²) in [6.07, 6.45) is 8.80. The first kappa shape index (κ1) is 9.56. The summed E-state index contributed by atoms with van der Waals surface area (Å²) in [4.78, 5) is 10.2. The van der Waals surface area contributed by atoms with Crippen LogP contribution in [0.3, 0.4) is 0 Å². The minimum atomic E-state index is -0.890. The van der Waals surface area contributed by atoms with Crippen LogP contribution in [0.2, 0.25) is 0 Å². The van der Waals surface area contributed by atoms with Crippen LogP contribution >= 0.6 is 0 Å². The van der Waals surface area contributed by atoms with Crippen LogP contribution in [0.15, 0.2) is 0 Å². The Balaban J connectivity index is 2.16. The van der Waals surface area contributed by atoms with Crippen LogP contribution < -0.4 is 0 Å². The summed E-state index contributed by atoms with van der Waals surface area (Å²) in [5.74, 6) is -0.232. The summed E-state index contributed by atoms with van der Waals surface area (Å²) in [7, 11) is 0. The van der Waals surface area contributed by atoms with Crippen molar-refractivity contribution in [3.05, 3.63) is 0 Å². The van der Waals surface area contributed by atoms with Crippen LogP contribution in [0.4, 0.5) is 0 Å². The summed E-state index contributed by atoms with van der Waals surface area (Å²) in [5.41, 5.74) is 0. The van der Waals surface area contributed by atoms with E-state index in [1.807, 2.05) is 0 Å². The number of hydrogen-bond donors (Lipinski definition) is 0. The van der Waals surface area contributed by atoms with E-state index < -0.39 is 5.97 Å². The van der Waals surface area contributed by atoms with Gasteiger partial charge in [-0.2, -0.15) is 0 Å². The maximum absolute atomic E-state index is 10.2. The first-order valence-electron chi connectivity index (χ1n) is 4.99. The average Bonchev–Trinajstić information content (AvgIpc) is 2.28. The number of rotatable bonds is 3. The van der Waals surface area contributed by atoms with Gasteiger partial charge in [-0.25, -0.2) is 9.90 Å². The summed E-state index contributed by atoms with van der Waals surface area (Å²) in [5, 5.41) is 10.2. The van der Waals surface area contributed by atoms with Gasteiger partial charge in [-0.3, -0.25) is 0 Å². The summed E-state index contributed by atoms with van der Waals surface area (Å²) in [6, 6.07) is 0. The van der Waals surface area contributed by atoms with E-state index in [1.54, 1.807) is 0 Å². The SMILES string of the molecule is [O]C(=O)CCC1CCCCCC1. The molecular weight excluding hydrogens is 152 g/mol. The average molecular weight is 169 g/mol. The minimum absolute atomic E-state index is 0.255. The Morgan fingerprint density at radius 1 is 1.08 bits per heavy atom. The molecule has 0 aromatic carbocycles. The van der Waals surface area contributed by atoms with E-state index in [9.17, 15) is 9.90 Å². The topological polar surface area (TPSA) is 37.0 Å². The van der Waals surface area contributed by atoms with E-state index in [-0.39, 0.29) is 6.42 Å². The molecule has 1 aliphatic rings. The number of carbonyl (C=O) groups is 1. The zero-order valence-electron chi connectivity index (χ0n) is 7.55. The second-order valence-corrected chi connectivity index (χ2v) is 3.77. The Hall–Kier alpha value is -0.530. The third-order valence-electron chi connectivity index (χ3n) is 2.73. The first-order chi connectivity index (χ1) is 5.79. The Kier molecular flexibility index (Phi) is 4.12. The molecular formula is C10H17O2. The highest BCUT2D eigenvalue weighted by molar-refractivity contribution is 5.66. The molecule has 0 bridgehead atoms. The number of carbonyl (C=O) groups excluding carboxylic acids is 1. The molecule has 0 atom stereocenters. The second-order valence-electron chi connectivity index (χ2n) is 3.77. The van der Waals surface area contributed by atoms with E-state index in [0.717, 1.165) is 6.42 Å². The second kappa shape index (κ2) is 5.18. The molecule has 0 aromatic heterocycles. The van der Waals surface area contributed by atoms with Crippen molar-refractivity contribution in [3.8, 4) is 0 Å². The molecule has 0 aromatic rings. The highest BCUT2D eigenvalue weighted by atomic mass is 16.4. The molecule has 2 heteroatoms. The van der Waals surface area contributed by atoms with Crippen LogP contribution in [-0.2, 0) is 9.90 Å². The van der Waals surface area contributed by atoms with Gasteiger partial charge in [0.1, 0.15) is 0 Å². The molecule has 1 fully saturated rings. The monoisotopic (exact) mass is 169 g/mol. The van der Waals surface area contributed by atoms with E-state index in [2.05, 4.69) is 0 Å². The Morgan fingerprint density at radius 2 is 1.67 bits per heavy atom. The van der Waals surface area contributed by atoms with Crippen LogP contribution in [-0.4, -0.2) is 5.97 Å². The predicted molar refractivity (Wildman–Crippen MR) is 46.1 cm³/mol. The molecule has 0 spiro atoms. The van der Waals surface area contributed by atoms with Crippen molar-refractivity contribution in [3.63, 3.8) is 0 Å². The van der Waals surface area contributed by atoms with Crippen molar-refractivity contribution in [1.82, 2.24) is 0 Å². The molecule has 0 heterocycles. The van der Waals surface area contributed by atoms with Crippen molar-refractivity contribution in [1.29, 1.82) is 0 Å². The lowest BCUT2D eigenvalue weighted by atomic mass is 9.95. The normalized spacial score (nSPS) is 20.3. The van der Waals surface area contributed by atoms with Crippen molar-refractivity contribution < 1.29 is 9.90 Å². The van der Waals surface area contributed by atoms with Crippen molar-refractivity contribution in [2.75, 3.05) is 0 Å². The molecule has 0 aliphatic heterocycles. The predicted octanol–water partition coefficient (Wildman–Crippen LogP) is 2.69. The van der Waals surface area contributed by atoms with Crippen LogP contribution in [0, 0.1) is 5.92 Å². The summed E-state index contributed by atoms with van der Waals surface area (Å²) in [6.45, 7) is 0. The molecule has 0 amide bonds.